The molecule has 0 aliphatic heterocycles. The van der Waals surface area contributed by atoms with Crippen LogP contribution in [0.2, 0.25) is 0 Å². The Morgan fingerprint density at radius 2 is 2.00 bits per heavy atom. The number of rotatable bonds is 4. The number of benzene rings is 1. The van der Waals surface area contributed by atoms with Gasteiger partial charge in [-0.05, 0) is 37.8 Å². The number of aliphatic hydroxyl groups is 1. The fraction of sp³-hybridized carbons (Fsp3) is 0.462. The number of nitrogen functional groups attached to an aromatic ring is 1. The average Bonchev–Trinajstić information content (AvgIpc) is 2.48. The van der Waals surface area contributed by atoms with Crippen LogP contribution in [0, 0.1) is 10.1 Å². The lowest BCUT2D eigenvalue weighted by Gasteiger charge is -2.26. The molecule has 5 N–H and O–H groups in total. The first-order valence-corrected chi connectivity index (χ1v) is 6.75. The van der Waals surface area contributed by atoms with Gasteiger partial charge in [-0.15, -0.1) is 0 Å². The van der Waals surface area contributed by atoms with E-state index in [1.807, 2.05) is 0 Å². The second kappa shape index (κ2) is 6.51. The Morgan fingerprint density at radius 3 is 2.57 bits per heavy atom. The molecule has 1 aliphatic carbocycles. The summed E-state index contributed by atoms with van der Waals surface area (Å²) in [5.41, 5.74) is 2.50. The van der Waals surface area contributed by atoms with Gasteiger partial charge >= 0.3 is 0 Å². The van der Waals surface area contributed by atoms with Crippen LogP contribution >= 0.6 is 0 Å². The maximum Gasteiger partial charge on any atom is 0.282 e. The highest BCUT2D eigenvalue weighted by Crippen LogP contribution is 2.24. The predicted molar refractivity (Wildman–Crippen MR) is 76.6 cm³/mol. The molecule has 0 saturated heterocycles. The molecule has 0 spiro atoms. The molecule has 0 unspecified atom stereocenters. The SMILES string of the molecule is NNc1ccc([N+](=O)[O-])c(C(=O)NC2CCC(O)CC2)c1. The molecule has 0 radical (unpaired) electrons. The van der Waals surface area contributed by atoms with Gasteiger partial charge in [-0.25, -0.2) is 0 Å². The number of nitro groups is 1. The quantitative estimate of drug-likeness (QED) is 0.371. The number of hydrogen-bond donors (Lipinski definition) is 4. The van der Waals surface area contributed by atoms with Gasteiger partial charge in [-0.1, -0.05) is 0 Å². The predicted octanol–water partition coefficient (Wildman–Crippen LogP) is 0.914. The smallest absolute Gasteiger partial charge is 0.282 e. The van der Waals surface area contributed by atoms with Crippen molar-refractivity contribution in [3.63, 3.8) is 0 Å². The van der Waals surface area contributed by atoms with Gasteiger partial charge in [0.25, 0.3) is 11.6 Å². The summed E-state index contributed by atoms with van der Waals surface area (Å²) in [4.78, 5) is 22.6. The van der Waals surface area contributed by atoms with E-state index in [4.69, 9.17) is 5.84 Å². The van der Waals surface area contributed by atoms with Crippen LogP contribution in [0.4, 0.5) is 11.4 Å². The Morgan fingerprint density at radius 1 is 1.33 bits per heavy atom. The highest BCUT2D eigenvalue weighted by atomic mass is 16.6. The second-order valence-corrected chi connectivity index (χ2v) is 5.11. The fourth-order valence-corrected chi connectivity index (χ4v) is 2.45. The Kier molecular flexibility index (Phi) is 4.71. The molecule has 0 aromatic heterocycles. The van der Waals surface area contributed by atoms with Crippen molar-refractivity contribution in [2.45, 2.75) is 37.8 Å². The maximum atomic E-state index is 12.2. The molecule has 2 rings (SSSR count). The molecular formula is C13H18N4O4. The van der Waals surface area contributed by atoms with E-state index < -0.39 is 10.8 Å². The summed E-state index contributed by atoms with van der Waals surface area (Å²) in [5, 5.41) is 23.2. The Hall–Kier alpha value is -2.19. The molecule has 21 heavy (non-hydrogen) atoms. The molecule has 0 atom stereocenters. The lowest BCUT2D eigenvalue weighted by molar-refractivity contribution is -0.385. The van der Waals surface area contributed by atoms with Crippen molar-refractivity contribution in [2.75, 3.05) is 5.43 Å². The van der Waals surface area contributed by atoms with Crippen LogP contribution < -0.4 is 16.6 Å². The van der Waals surface area contributed by atoms with E-state index in [2.05, 4.69) is 10.7 Å². The molecule has 8 nitrogen and oxygen atoms in total. The topological polar surface area (TPSA) is 131 Å². The second-order valence-electron chi connectivity index (χ2n) is 5.11. The number of aliphatic hydroxyl groups excluding tert-OH is 1. The number of nitrogens with zero attached hydrogens (tertiary/aromatic N) is 1. The standard InChI is InChI=1S/C13H18N4O4/c14-16-9-3-6-12(17(20)21)11(7-9)13(19)15-8-1-4-10(18)5-2-8/h3,6-8,10,16,18H,1-2,4-5,14H2,(H,15,19). The minimum absolute atomic E-state index is 0.0263. The van der Waals surface area contributed by atoms with Crippen LogP contribution in [0.15, 0.2) is 18.2 Å². The number of hydrazine groups is 1. The van der Waals surface area contributed by atoms with Gasteiger partial charge in [0.15, 0.2) is 0 Å². The zero-order valence-corrected chi connectivity index (χ0v) is 11.4. The first kappa shape index (κ1) is 15.2. The molecule has 0 heterocycles. The summed E-state index contributed by atoms with van der Waals surface area (Å²) in [7, 11) is 0. The third-order valence-electron chi connectivity index (χ3n) is 3.64. The first-order chi connectivity index (χ1) is 10.0. The minimum Gasteiger partial charge on any atom is -0.393 e. The fourth-order valence-electron chi connectivity index (χ4n) is 2.45. The van der Waals surface area contributed by atoms with E-state index >= 15 is 0 Å². The van der Waals surface area contributed by atoms with E-state index in [0.717, 1.165) is 0 Å². The van der Waals surface area contributed by atoms with E-state index in [1.165, 1.54) is 18.2 Å². The summed E-state index contributed by atoms with van der Waals surface area (Å²) in [6.45, 7) is 0. The molecule has 114 valence electrons. The van der Waals surface area contributed by atoms with Gasteiger partial charge in [0.1, 0.15) is 5.56 Å². The summed E-state index contributed by atoms with van der Waals surface area (Å²) >= 11 is 0. The van der Waals surface area contributed by atoms with Crippen molar-refractivity contribution >= 4 is 17.3 Å². The molecule has 1 fully saturated rings. The summed E-state index contributed by atoms with van der Waals surface area (Å²) in [6.07, 6.45) is 2.25. The van der Waals surface area contributed by atoms with Gasteiger partial charge in [-0.2, -0.15) is 0 Å². The first-order valence-electron chi connectivity index (χ1n) is 6.75. The van der Waals surface area contributed by atoms with Crippen molar-refractivity contribution in [2.24, 2.45) is 5.84 Å². The Balaban J connectivity index is 2.15. The number of carbonyl (C=O) groups is 1. The maximum absolute atomic E-state index is 12.2. The van der Waals surface area contributed by atoms with Gasteiger partial charge < -0.3 is 15.8 Å². The van der Waals surface area contributed by atoms with Gasteiger partial charge in [0, 0.05) is 17.8 Å². The Bertz CT molecular complexity index is 541. The summed E-state index contributed by atoms with van der Waals surface area (Å²) < 4.78 is 0. The zero-order chi connectivity index (χ0) is 15.4. The molecule has 1 aliphatic rings. The minimum atomic E-state index is -0.597. The molecule has 1 amide bonds. The molecule has 1 aromatic rings. The highest BCUT2D eigenvalue weighted by Gasteiger charge is 2.25. The number of carbonyl (C=O) groups excluding carboxylic acids is 1. The highest BCUT2D eigenvalue weighted by molar-refractivity contribution is 5.99. The Labute approximate surface area is 121 Å². The average molecular weight is 294 g/mol. The number of nitro benzene ring substituents is 1. The zero-order valence-electron chi connectivity index (χ0n) is 11.4. The molecule has 0 bridgehead atoms. The van der Waals surface area contributed by atoms with E-state index in [0.29, 0.717) is 31.4 Å². The van der Waals surface area contributed by atoms with E-state index in [9.17, 15) is 20.0 Å². The van der Waals surface area contributed by atoms with E-state index in [-0.39, 0.29) is 23.4 Å². The number of hydrogen-bond acceptors (Lipinski definition) is 6. The van der Waals surface area contributed by atoms with Crippen molar-refractivity contribution in [3.8, 4) is 0 Å². The van der Waals surface area contributed by atoms with Crippen LogP contribution in [-0.4, -0.2) is 28.1 Å². The van der Waals surface area contributed by atoms with Crippen LogP contribution in [0.25, 0.3) is 0 Å². The van der Waals surface area contributed by atoms with Crippen LogP contribution in [0.1, 0.15) is 36.0 Å². The molecule has 1 aromatic carbocycles. The van der Waals surface area contributed by atoms with Crippen molar-refractivity contribution in [3.05, 3.63) is 33.9 Å². The van der Waals surface area contributed by atoms with Gasteiger partial charge in [0.2, 0.25) is 0 Å². The lowest BCUT2D eigenvalue weighted by atomic mass is 9.93. The number of nitrogens with one attached hydrogen (secondary N) is 2. The van der Waals surface area contributed by atoms with Gasteiger partial charge in [-0.3, -0.25) is 20.8 Å². The molecular weight excluding hydrogens is 276 g/mol. The van der Waals surface area contributed by atoms with Crippen molar-refractivity contribution in [1.29, 1.82) is 0 Å². The third-order valence-corrected chi connectivity index (χ3v) is 3.64. The number of nitrogens with two attached hydrogens (primary N) is 1. The third kappa shape index (κ3) is 3.67. The van der Waals surface area contributed by atoms with Crippen LogP contribution in [0.3, 0.4) is 0 Å². The summed E-state index contributed by atoms with van der Waals surface area (Å²) in [6, 6.07) is 3.96. The lowest BCUT2D eigenvalue weighted by Crippen LogP contribution is -2.38. The van der Waals surface area contributed by atoms with Crippen molar-refractivity contribution in [1.82, 2.24) is 5.32 Å². The monoisotopic (exact) mass is 294 g/mol. The largest absolute Gasteiger partial charge is 0.393 e. The van der Waals surface area contributed by atoms with Crippen LogP contribution in [-0.2, 0) is 0 Å². The molecule has 8 heteroatoms. The number of amides is 1. The van der Waals surface area contributed by atoms with Gasteiger partial charge in [0.05, 0.1) is 11.0 Å². The molecule has 1 saturated carbocycles. The number of anilines is 1. The summed E-state index contributed by atoms with van der Waals surface area (Å²) in [5.74, 6) is 4.77. The van der Waals surface area contributed by atoms with Crippen molar-refractivity contribution < 1.29 is 14.8 Å². The normalized spacial score (nSPS) is 21.6. The van der Waals surface area contributed by atoms with E-state index in [1.54, 1.807) is 0 Å². The van der Waals surface area contributed by atoms with Crippen LogP contribution in [0.5, 0.6) is 0 Å².